The van der Waals surface area contributed by atoms with Gasteiger partial charge in [0.2, 0.25) is 0 Å². The zero-order chi connectivity index (χ0) is 27.1. The monoisotopic (exact) mass is 525 g/mol. The summed E-state index contributed by atoms with van der Waals surface area (Å²) in [6.45, 7) is 6.10. The van der Waals surface area contributed by atoms with Crippen molar-refractivity contribution in [2.24, 2.45) is 11.8 Å². The highest BCUT2D eigenvalue weighted by molar-refractivity contribution is 5.75. The average Bonchev–Trinajstić information content (AvgIpc) is 3.23. The van der Waals surface area contributed by atoms with Crippen LogP contribution in [0.1, 0.15) is 45.1 Å². The highest BCUT2D eigenvalue weighted by Gasteiger charge is 2.39. The third-order valence-corrected chi connectivity index (χ3v) is 6.34. The zero-order valence-corrected chi connectivity index (χ0v) is 19.6. The summed E-state index contributed by atoms with van der Waals surface area (Å²) in [4.78, 5) is 25.0. The number of fused-ring (bicyclic) bond motifs is 2. The van der Waals surface area contributed by atoms with Crippen LogP contribution in [0.4, 0.5) is 26.3 Å². The minimum absolute atomic E-state index is 0.493. The molecule has 1 unspecified atom stereocenters. The fourth-order valence-corrected chi connectivity index (χ4v) is 4.63. The van der Waals surface area contributed by atoms with E-state index in [9.17, 15) is 26.3 Å². The predicted molar refractivity (Wildman–Crippen MR) is 118 cm³/mol. The molecule has 2 fully saturated rings. The molecular formula is C23H29F6N3O4. The molecule has 2 N–H and O–H groups in total. The second-order valence-corrected chi connectivity index (χ2v) is 8.95. The van der Waals surface area contributed by atoms with Gasteiger partial charge in [-0.2, -0.15) is 26.3 Å². The first-order chi connectivity index (χ1) is 16.7. The molecule has 1 aliphatic carbocycles. The molecule has 4 rings (SSSR count). The van der Waals surface area contributed by atoms with Gasteiger partial charge in [0.15, 0.2) is 0 Å². The maximum absolute atomic E-state index is 10.6. The van der Waals surface area contributed by atoms with E-state index in [0.717, 1.165) is 23.9 Å². The van der Waals surface area contributed by atoms with Gasteiger partial charge in [0, 0.05) is 19.1 Å². The van der Waals surface area contributed by atoms with Crippen molar-refractivity contribution in [3.8, 4) is 0 Å². The standard InChI is InChI=1S/C19H27N3.2C2HF3O2/c1-15(22-14-20-18-8-4-5-9-19(18)22)12-21-11-10-16-6-2-3-7-17(16)13-21;2*3-2(4,5)1(6)7/h4-5,8-9,14-17H,2-3,6-7,10-13H2,1H3;2*(H,6,7)/t15?,16-,17+;;/m0../s1. The van der Waals surface area contributed by atoms with E-state index in [0.29, 0.717) is 6.04 Å². The van der Waals surface area contributed by atoms with Crippen LogP contribution < -0.4 is 0 Å². The van der Waals surface area contributed by atoms with Gasteiger partial charge in [-0.3, -0.25) is 0 Å². The van der Waals surface area contributed by atoms with Gasteiger partial charge >= 0.3 is 24.3 Å². The first kappa shape index (κ1) is 29.4. The Labute approximate surface area is 203 Å². The lowest BCUT2D eigenvalue weighted by Gasteiger charge is -2.42. The second-order valence-electron chi connectivity index (χ2n) is 8.95. The van der Waals surface area contributed by atoms with Crippen LogP contribution in [0.3, 0.4) is 0 Å². The molecule has 0 radical (unpaired) electrons. The summed E-state index contributed by atoms with van der Waals surface area (Å²) in [5, 5.41) is 14.2. The largest absolute Gasteiger partial charge is 0.490 e. The maximum atomic E-state index is 10.6. The lowest BCUT2D eigenvalue weighted by atomic mass is 9.75. The summed E-state index contributed by atoms with van der Waals surface area (Å²) in [7, 11) is 0. The number of aliphatic carboxylic acids is 2. The number of nitrogens with zero attached hydrogens (tertiary/aromatic N) is 3. The fraction of sp³-hybridized carbons (Fsp3) is 0.609. The normalized spacial score (nSPS) is 21.3. The third kappa shape index (κ3) is 8.68. The Morgan fingerprint density at radius 3 is 2.06 bits per heavy atom. The first-order valence-corrected chi connectivity index (χ1v) is 11.4. The molecule has 0 bridgehead atoms. The van der Waals surface area contributed by atoms with Crippen molar-refractivity contribution in [1.82, 2.24) is 14.5 Å². The van der Waals surface area contributed by atoms with E-state index < -0.39 is 24.3 Å². The predicted octanol–water partition coefficient (Wildman–Crippen LogP) is 5.38. The topological polar surface area (TPSA) is 95.7 Å². The van der Waals surface area contributed by atoms with Gasteiger partial charge in [-0.15, -0.1) is 0 Å². The average molecular weight is 525 g/mol. The number of rotatable bonds is 3. The zero-order valence-electron chi connectivity index (χ0n) is 19.6. The minimum Gasteiger partial charge on any atom is -0.475 e. The quantitative estimate of drug-likeness (QED) is 0.523. The Balaban J connectivity index is 0.000000271. The molecule has 7 nitrogen and oxygen atoms in total. The minimum atomic E-state index is -5.08. The molecule has 202 valence electrons. The summed E-state index contributed by atoms with van der Waals surface area (Å²) in [5.41, 5.74) is 2.38. The molecule has 1 aromatic heterocycles. The number of benzene rings is 1. The van der Waals surface area contributed by atoms with Crippen molar-refractivity contribution in [3.63, 3.8) is 0 Å². The van der Waals surface area contributed by atoms with Crippen molar-refractivity contribution >= 4 is 23.0 Å². The van der Waals surface area contributed by atoms with Gasteiger partial charge in [-0.25, -0.2) is 14.6 Å². The van der Waals surface area contributed by atoms with Crippen molar-refractivity contribution in [2.45, 2.75) is 57.4 Å². The van der Waals surface area contributed by atoms with Crippen molar-refractivity contribution in [2.75, 3.05) is 19.6 Å². The summed E-state index contributed by atoms with van der Waals surface area (Å²) in [6.07, 6.45) is -0.857. The molecular weight excluding hydrogens is 496 g/mol. The molecule has 2 aliphatic rings. The Kier molecular flexibility index (Phi) is 10.1. The molecule has 1 saturated heterocycles. The Morgan fingerprint density at radius 1 is 0.972 bits per heavy atom. The van der Waals surface area contributed by atoms with Crippen molar-refractivity contribution in [3.05, 3.63) is 30.6 Å². The summed E-state index contributed by atoms with van der Waals surface area (Å²) in [5.74, 6) is -3.52. The van der Waals surface area contributed by atoms with E-state index in [1.54, 1.807) is 0 Å². The number of aromatic nitrogens is 2. The first-order valence-electron chi connectivity index (χ1n) is 11.4. The Morgan fingerprint density at radius 2 is 1.50 bits per heavy atom. The number of para-hydroxylation sites is 2. The third-order valence-electron chi connectivity index (χ3n) is 6.34. The van der Waals surface area contributed by atoms with E-state index in [1.165, 1.54) is 50.7 Å². The van der Waals surface area contributed by atoms with Crippen LogP contribution in [0.2, 0.25) is 0 Å². The second kappa shape index (κ2) is 12.4. The smallest absolute Gasteiger partial charge is 0.475 e. The number of halogens is 6. The van der Waals surface area contributed by atoms with Crippen molar-refractivity contribution < 1.29 is 46.1 Å². The number of carboxylic acids is 2. The molecule has 0 amide bonds. The molecule has 1 saturated carbocycles. The maximum Gasteiger partial charge on any atom is 0.490 e. The number of carbonyl (C=O) groups is 2. The molecule has 1 aromatic carbocycles. The molecule has 2 heterocycles. The summed E-state index contributed by atoms with van der Waals surface area (Å²) < 4.78 is 65.8. The van der Waals surface area contributed by atoms with E-state index in [1.807, 2.05) is 6.33 Å². The number of hydrogen-bond acceptors (Lipinski definition) is 4. The molecule has 2 aromatic rings. The Hall–Kier alpha value is -2.83. The lowest BCUT2D eigenvalue weighted by molar-refractivity contribution is -0.193. The van der Waals surface area contributed by atoms with Crippen molar-refractivity contribution in [1.29, 1.82) is 0 Å². The van der Waals surface area contributed by atoms with Crippen LogP contribution in [0.5, 0.6) is 0 Å². The fourth-order valence-electron chi connectivity index (χ4n) is 4.63. The number of hydrogen-bond donors (Lipinski definition) is 2. The molecule has 13 heteroatoms. The van der Waals surface area contributed by atoms with Gasteiger partial charge in [0.05, 0.1) is 17.4 Å². The Bertz CT molecular complexity index is 984. The van der Waals surface area contributed by atoms with Gasteiger partial charge in [-0.05, 0) is 50.3 Å². The summed E-state index contributed by atoms with van der Waals surface area (Å²) in [6, 6.07) is 8.96. The number of piperidine rings is 1. The van der Waals surface area contributed by atoms with Crippen LogP contribution in [0.15, 0.2) is 30.6 Å². The van der Waals surface area contributed by atoms with Gasteiger partial charge < -0.3 is 19.7 Å². The number of carboxylic acid groups (broad SMARTS) is 2. The molecule has 0 spiro atoms. The summed E-state index contributed by atoms with van der Waals surface area (Å²) >= 11 is 0. The van der Waals surface area contributed by atoms with Gasteiger partial charge in [0.1, 0.15) is 0 Å². The van der Waals surface area contributed by atoms with Crippen LogP contribution in [0.25, 0.3) is 11.0 Å². The van der Waals surface area contributed by atoms with Crippen LogP contribution in [-0.4, -0.2) is 68.6 Å². The number of likely N-dealkylation sites (tertiary alicyclic amines) is 1. The molecule has 1 aliphatic heterocycles. The van der Waals surface area contributed by atoms with Gasteiger partial charge in [-0.1, -0.05) is 31.4 Å². The van der Waals surface area contributed by atoms with E-state index in [-0.39, 0.29) is 0 Å². The molecule has 3 atom stereocenters. The van der Waals surface area contributed by atoms with Gasteiger partial charge in [0.25, 0.3) is 0 Å². The van der Waals surface area contributed by atoms with E-state index in [2.05, 4.69) is 45.6 Å². The number of imidazole rings is 1. The highest BCUT2D eigenvalue weighted by Crippen LogP contribution is 2.36. The molecule has 36 heavy (non-hydrogen) atoms. The van der Waals surface area contributed by atoms with E-state index >= 15 is 0 Å². The van der Waals surface area contributed by atoms with E-state index in [4.69, 9.17) is 19.8 Å². The highest BCUT2D eigenvalue weighted by atomic mass is 19.4. The number of alkyl halides is 6. The van der Waals surface area contributed by atoms with Crippen LogP contribution in [0, 0.1) is 11.8 Å². The lowest BCUT2D eigenvalue weighted by Crippen LogP contribution is -2.43. The van der Waals surface area contributed by atoms with Crippen LogP contribution >= 0.6 is 0 Å². The SMILES string of the molecule is CC(CN1CC[C@@H]2CCCC[C@@H]2C1)n1cnc2ccccc21.O=C(O)C(F)(F)F.O=C(O)C(F)(F)F. The van der Waals surface area contributed by atoms with Crippen LogP contribution in [-0.2, 0) is 9.59 Å².